The number of esters is 1. The molecule has 0 aliphatic heterocycles. The zero-order valence-corrected chi connectivity index (χ0v) is 11.1. The number of hydrogen-bond donors (Lipinski definition) is 0. The standard InChI is InChI=1S/C13H15F3O4/c1-3-18-10-6-5-9(8-12(17)19-4-2)7-11(10)20-13(14,15)16/h5-7H,3-4,8H2,1-2H3. The van der Waals surface area contributed by atoms with Crippen LogP contribution in [0.5, 0.6) is 11.5 Å². The van der Waals surface area contributed by atoms with Gasteiger partial charge in [0.15, 0.2) is 11.5 Å². The molecule has 0 aromatic heterocycles. The second-order valence-corrected chi connectivity index (χ2v) is 3.74. The average Bonchev–Trinajstić information content (AvgIpc) is 2.31. The van der Waals surface area contributed by atoms with Crippen LogP contribution in [0.15, 0.2) is 18.2 Å². The van der Waals surface area contributed by atoms with Crippen LogP contribution in [0.2, 0.25) is 0 Å². The van der Waals surface area contributed by atoms with Crippen LogP contribution in [-0.4, -0.2) is 25.5 Å². The SMILES string of the molecule is CCOC(=O)Cc1ccc(OCC)c(OC(F)(F)F)c1. The summed E-state index contributed by atoms with van der Waals surface area (Å²) in [5, 5.41) is 0. The monoisotopic (exact) mass is 292 g/mol. The average molecular weight is 292 g/mol. The Balaban J connectivity index is 2.94. The smallest absolute Gasteiger partial charge is 0.490 e. The van der Waals surface area contributed by atoms with E-state index in [9.17, 15) is 18.0 Å². The van der Waals surface area contributed by atoms with Crippen LogP contribution < -0.4 is 9.47 Å². The molecule has 0 aliphatic rings. The molecule has 0 amide bonds. The second-order valence-electron chi connectivity index (χ2n) is 3.74. The van der Waals surface area contributed by atoms with Crippen LogP contribution >= 0.6 is 0 Å². The lowest BCUT2D eigenvalue weighted by atomic mass is 10.1. The molecule has 1 aromatic carbocycles. The van der Waals surface area contributed by atoms with Crippen molar-refractivity contribution in [3.8, 4) is 11.5 Å². The number of benzene rings is 1. The molecular formula is C13H15F3O4. The summed E-state index contributed by atoms with van der Waals surface area (Å²) < 4.78 is 50.6. The Bertz CT molecular complexity index is 457. The van der Waals surface area contributed by atoms with Crippen molar-refractivity contribution in [1.29, 1.82) is 0 Å². The van der Waals surface area contributed by atoms with Gasteiger partial charge in [-0.3, -0.25) is 4.79 Å². The van der Waals surface area contributed by atoms with Gasteiger partial charge in [0.25, 0.3) is 0 Å². The summed E-state index contributed by atoms with van der Waals surface area (Å²) in [6.45, 7) is 3.70. The fourth-order valence-corrected chi connectivity index (χ4v) is 1.52. The van der Waals surface area contributed by atoms with E-state index in [2.05, 4.69) is 4.74 Å². The molecule has 0 N–H and O–H groups in total. The van der Waals surface area contributed by atoms with Gasteiger partial charge in [-0.2, -0.15) is 0 Å². The minimum atomic E-state index is -4.82. The highest BCUT2D eigenvalue weighted by Gasteiger charge is 2.32. The van der Waals surface area contributed by atoms with Gasteiger partial charge in [-0.15, -0.1) is 13.2 Å². The van der Waals surface area contributed by atoms with E-state index in [1.807, 2.05) is 0 Å². The van der Waals surface area contributed by atoms with Crippen LogP contribution in [0.4, 0.5) is 13.2 Å². The van der Waals surface area contributed by atoms with Gasteiger partial charge >= 0.3 is 12.3 Å². The Morgan fingerprint density at radius 1 is 1.15 bits per heavy atom. The van der Waals surface area contributed by atoms with Gasteiger partial charge in [0.05, 0.1) is 19.6 Å². The maximum Gasteiger partial charge on any atom is 0.573 e. The molecule has 0 fully saturated rings. The van der Waals surface area contributed by atoms with Crippen LogP contribution in [0.1, 0.15) is 19.4 Å². The number of carbonyl (C=O) groups is 1. The number of carbonyl (C=O) groups excluding carboxylic acids is 1. The third-order valence-corrected chi connectivity index (χ3v) is 2.19. The topological polar surface area (TPSA) is 44.8 Å². The van der Waals surface area contributed by atoms with Gasteiger partial charge in [-0.1, -0.05) is 6.07 Å². The number of rotatable bonds is 6. The second kappa shape index (κ2) is 7.02. The molecule has 0 radical (unpaired) electrons. The van der Waals surface area contributed by atoms with E-state index in [4.69, 9.17) is 9.47 Å². The summed E-state index contributed by atoms with van der Waals surface area (Å²) >= 11 is 0. The molecule has 0 aliphatic carbocycles. The van der Waals surface area contributed by atoms with E-state index < -0.39 is 18.1 Å². The van der Waals surface area contributed by atoms with Crippen LogP contribution in [-0.2, 0) is 16.0 Å². The molecular weight excluding hydrogens is 277 g/mol. The largest absolute Gasteiger partial charge is 0.573 e. The molecule has 0 atom stereocenters. The molecule has 0 bridgehead atoms. The normalized spacial score (nSPS) is 11.1. The summed E-state index contributed by atoms with van der Waals surface area (Å²) in [6, 6.07) is 3.94. The third-order valence-electron chi connectivity index (χ3n) is 2.19. The maximum absolute atomic E-state index is 12.3. The van der Waals surface area contributed by atoms with Crippen LogP contribution in [0.3, 0.4) is 0 Å². The summed E-state index contributed by atoms with van der Waals surface area (Å²) in [5.41, 5.74) is 0.353. The Morgan fingerprint density at radius 3 is 2.40 bits per heavy atom. The number of alkyl halides is 3. The maximum atomic E-state index is 12.3. The van der Waals surface area contributed by atoms with Crippen LogP contribution in [0, 0.1) is 0 Å². The van der Waals surface area contributed by atoms with Crippen molar-refractivity contribution < 1.29 is 32.2 Å². The first-order valence-corrected chi connectivity index (χ1v) is 6.02. The first-order chi connectivity index (χ1) is 9.35. The predicted octanol–water partition coefficient (Wildman–Crippen LogP) is 3.09. The summed E-state index contributed by atoms with van der Waals surface area (Å²) in [7, 11) is 0. The summed E-state index contributed by atoms with van der Waals surface area (Å²) in [4.78, 5) is 11.3. The Morgan fingerprint density at radius 2 is 1.85 bits per heavy atom. The molecule has 1 aromatic rings. The van der Waals surface area contributed by atoms with Crippen molar-refractivity contribution in [3.05, 3.63) is 23.8 Å². The molecule has 0 saturated carbocycles. The van der Waals surface area contributed by atoms with Gasteiger partial charge in [0.2, 0.25) is 0 Å². The van der Waals surface area contributed by atoms with Gasteiger partial charge in [-0.25, -0.2) is 0 Å². The minimum Gasteiger partial charge on any atom is -0.490 e. The van der Waals surface area contributed by atoms with Gasteiger partial charge in [0.1, 0.15) is 0 Å². The lowest BCUT2D eigenvalue weighted by molar-refractivity contribution is -0.275. The van der Waals surface area contributed by atoms with Gasteiger partial charge in [0, 0.05) is 0 Å². The van der Waals surface area contributed by atoms with E-state index in [0.29, 0.717) is 5.56 Å². The molecule has 4 nitrogen and oxygen atoms in total. The van der Waals surface area contributed by atoms with E-state index in [1.54, 1.807) is 13.8 Å². The molecule has 20 heavy (non-hydrogen) atoms. The Kier molecular flexibility index (Phi) is 5.66. The first kappa shape index (κ1) is 16.1. The zero-order valence-electron chi connectivity index (χ0n) is 11.1. The first-order valence-electron chi connectivity index (χ1n) is 6.02. The number of halogens is 3. The lowest BCUT2D eigenvalue weighted by Crippen LogP contribution is -2.18. The number of ether oxygens (including phenoxy) is 3. The number of hydrogen-bond acceptors (Lipinski definition) is 4. The van der Waals surface area contributed by atoms with Crippen molar-refractivity contribution in [3.63, 3.8) is 0 Å². The fraction of sp³-hybridized carbons (Fsp3) is 0.462. The molecule has 112 valence electrons. The van der Waals surface area contributed by atoms with E-state index in [0.717, 1.165) is 6.07 Å². The highest BCUT2D eigenvalue weighted by atomic mass is 19.4. The molecule has 7 heteroatoms. The summed E-state index contributed by atoms with van der Waals surface area (Å²) in [5.74, 6) is -1.02. The van der Waals surface area contributed by atoms with Crippen molar-refractivity contribution in [2.45, 2.75) is 26.6 Å². The molecule has 0 heterocycles. The molecule has 1 rings (SSSR count). The molecule has 0 unspecified atom stereocenters. The van der Waals surface area contributed by atoms with E-state index in [-0.39, 0.29) is 25.4 Å². The third kappa shape index (κ3) is 5.38. The van der Waals surface area contributed by atoms with Crippen LogP contribution in [0.25, 0.3) is 0 Å². The predicted molar refractivity (Wildman–Crippen MR) is 64.6 cm³/mol. The Hall–Kier alpha value is -1.92. The van der Waals surface area contributed by atoms with Crippen molar-refractivity contribution in [1.82, 2.24) is 0 Å². The van der Waals surface area contributed by atoms with E-state index >= 15 is 0 Å². The van der Waals surface area contributed by atoms with Crippen molar-refractivity contribution in [2.75, 3.05) is 13.2 Å². The fourth-order valence-electron chi connectivity index (χ4n) is 1.52. The summed E-state index contributed by atoms with van der Waals surface area (Å²) in [6.07, 6.45) is -4.96. The lowest BCUT2D eigenvalue weighted by Gasteiger charge is -2.14. The van der Waals surface area contributed by atoms with E-state index in [1.165, 1.54) is 12.1 Å². The quantitative estimate of drug-likeness (QED) is 0.756. The highest BCUT2D eigenvalue weighted by molar-refractivity contribution is 5.72. The van der Waals surface area contributed by atoms with Crippen molar-refractivity contribution >= 4 is 5.97 Å². The van der Waals surface area contributed by atoms with Gasteiger partial charge in [-0.05, 0) is 31.5 Å². The highest BCUT2D eigenvalue weighted by Crippen LogP contribution is 2.33. The molecule has 0 spiro atoms. The minimum absolute atomic E-state index is 0.0302. The van der Waals surface area contributed by atoms with Gasteiger partial charge < -0.3 is 14.2 Å². The Labute approximate surface area is 114 Å². The zero-order chi connectivity index (χ0) is 15.2. The van der Waals surface area contributed by atoms with Crippen molar-refractivity contribution in [2.24, 2.45) is 0 Å². The molecule has 0 saturated heterocycles.